The van der Waals surface area contributed by atoms with Gasteiger partial charge in [0.05, 0.1) is 12.8 Å². The number of aromatic nitrogens is 3. The maximum Gasteiger partial charge on any atom is 0.321 e. The Morgan fingerprint density at radius 1 is 1.38 bits per heavy atom. The first-order chi connectivity index (χ1) is 7.76. The number of nitrogens with zero attached hydrogens (tertiary/aromatic N) is 3. The zero-order valence-corrected chi connectivity index (χ0v) is 9.04. The molecule has 5 nitrogen and oxygen atoms in total. The molecule has 0 saturated heterocycles. The second-order valence-electron chi connectivity index (χ2n) is 3.34. The van der Waals surface area contributed by atoms with Gasteiger partial charge in [0.1, 0.15) is 0 Å². The van der Waals surface area contributed by atoms with Crippen LogP contribution < -0.4 is 4.74 Å². The Morgan fingerprint density at radius 3 is 2.81 bits per heavy atom. The topological polar surface area (TPSA) is 57.0 Å². The maximum absolute atomic E-state index is 10.8. The summed E-state index contributed by atoms with van der Waals surface area (Å²) in [7, 11) is 1.49. The van der Waals surface area contributed by atoms with Crippen molar-refractivity contribution in [3.05, 3.63) is 35.7 Å². The van der Waals surface area contributed by atoms with Gasteiger partial charge in [0, 0.05) is 0 Å². The fraction of sp³-hybridized carbons (Fsp3) is 0.182. The Kier molecular flexibility index (Phi) is 2.68. The summed E-state index contributed by atoms with van der Waals surface area (Å²) >= 11 is 0. The second-order valence-corrected chi connectivity index (χ2v) is 3.34. The molecule has 0 aliphatic rings. The van der Waals surface area contributed by atoms with Crippen LogP contribution in [0.1, 0.15) is 16.2 Å². The molecule has 0 bridgehead atoms. The minimum Gasteiger partial charge on any atom is -0.467 e. The first-order valence-electron chi connectivity index (χ1n) is 4.78. The van der Waals surface area contributed by atoms with E-state index in [1.54, 1.807) is 4.57 Å². The molecule has 0 amide bonds. The molecule has 0 spiro atoms. The van der Waals surface area contributed by atoms with Crippen LogP contribution in [0.5, 0.6) is 6.01 Å². The first-order valence-corrected chi connectivity index (χ1v) is 4.78. The highest BCUT2D eigenvalue weighted by atomic mass is 16.5. The zero-order chi connectivity index (χ0) is 11.5. The van der Waals surface area contributed by atoms with Gasteiger partial charge in [-0.2, -0.15) is 0 Å². The molecule has 0 radical (unpaired) electrons. The van der Waals surface area contributed by atoms with Crippen LogP contribution in [-0.4, -0.2) is 28.2 Å². The summed E-state index contributed by atoms with van der Waals surface area (Å²) in [5.41, 5.74) is 1.90. The van der Waals surface area contributed by atoms with Crippen molar-refractivity contribution in [1.29, 1.82) is 0 Å². The molecule has 2 rings (SSSR count). The summed E-state index contributed by atoms with van der Waals surface area (Å²) in [6, 6.07) is 7.97. The van der Waals surface area contributed by atoms with E-state index in [0.717, 1.165) is 11.3 Å². The van der Waals surface area contributed by atoms with Gasteiger partial charge in [-0.1, -0.05) is 17.2 Å². The molecule has 16 heavy (non-hydrogen) atoms. The van der Waals surface area contributed by atoms with Crippen molar-refractivity contribution in [2.24, 2.45) is 0 Å². The zero-order valence-electron chi connectivity index (χ0n) is 9.04. The minimum absolute atomic E-state index is 0.224. The molecule has 5 heteroatoms. The van der Waals surface area contributed by atoms with Crippen molar-refractivity contribution >= 4 is 6.29 Å². The number of hydrogen-bond acceptors (Lipinski definition) is 4. The van der Waals surface area contributed by atoms with Crippen molar-refractivity contribution in [3.8, 4) is 11.7 Å². The van der Waals surface area contributed by atoms with Crippen LogP contribution in [-0.2, 0) is 0 Å². The van der Waals surface area contributed by atoms with Crippen LogP contribution in [0.4, 0.5) is 0 Å². The van der Waals surface area contributed by atoms with Gasteiger partial charge < -0.3 is 4.74 Å². The summed E-state index contributed by atoms with van der Waals surface area (Å²) in [4.78, 5) is 10.8. The molecule has 0 aliphatic carbocycles. The predicted octanol–water partition coefficient (Wildman–Crippen LogP) is 1.40. The molecule has 0 aliphatic heterocycles. The number of hydrogen-bond donors (Lipinski definition) is 0. The number of benzene rings is 1. The Balaban J connectivity index is 2.61. The van der Waals surface area contributed by atoms with Gasteiger partial charge >= 0.3 is 6.01 Å². The van der Waals surface area contributed by atoms with Gasteiger partial charge in [-0.3, -0.25) is 4.79 Å². The monoisotopic (exact) mass is 217 g/mol. The van der Waals surface area contributed by atoms with Gasteiger partial charge in [0.2, 0.25) is 5.82 Å². The van der Waals surface area contributed by atoms with Crippen molar-refractivity contribution in [3.63, 3.8) is 0 Å². The van der Waals surface area contributed by atoms with Gasteiger partial charge in [-0.05, 0) is 24.6 Å². The molecular weight excluding hydrogens is 206 g/mol. The van der Waals surface area contributed by atoms with Crippen molar-refractivity contribution < 1.29 is 9.53 Å². The van der Waals surface area contributed by atoms with E-state index in [2.05, 4.69) is 10.2 Å². The highest BCUT2D eigenvalue weighted by Crippen LogP contribution is 2.18. The number of ether oxygens (including phenoxy) is 1. The average molecular weight is 217 g/mol. The summed E-state index contributed by atoms with van der Waals surface area (Å²) in [6.07, 6.45) is 0.651. The summed E-state index contributed by atoms with van der Waals surface area (Å²) in [6.45, 7) is 1.97. The predicted molar refractivity (Wildman–Crippen MR) is 58.0 cm³/mol. The van der Waals surface area contributed by atoms with E-state index >= 15 is 0 Å². The fourth-order valence-corrected chi connectivity index (χ4v) is 1.50. The minimum atomic E-state index is 0.224. The lowest BCUT2D eigenvalue weighted by Crippen LogP contribution is -2.02. The summed E-state index contributed by atoms with van der Waals surface area (Å²) < 4.78 is 6.62. The quantitative estimate of drug-likeness (QED) is 0.729. The lowest BCUT2D eigenvalue weighted by molar-refractivity contribution is 0.111. The van der Waals surface area contributed by atoms with Crippen LogP contribution in [0.2, 0.25) is 0 Å². The SMILES string of the molecule is COc1nnc(C=O)n1-c1cccc(C)c1. The smallest absolute Gasteiger partial charge is 0.321 e. The maximum atomic E-state index is 10.8. The number of rotatable bonds is 3. The van der Waals surface area contributed by atoms with Crippen LogP contribution >= 0.6 is 0 Å². The summed E-state index contributed by atoms with van der Waals surface area (Å²) in [5.74, 6) is 0.224. The number of carbonyl (C=O) groups excluding carboxylic acids is 1. The van der Waals surface area contributed by atoms with E-state index in [0.29, 0.717) is 12.3 Å². The summed E-state index contributed by atoms with van der Waals surface area (Å²) in [5, 5.41) is 7.50. The Labute approximate surface area is 92.7 Å². The van der Waals surface area contributed by atoms with Crippen molar-refractivity contribution in [2.45, 2.75) is 6.92 Å². The van der Waals surface area contributed by atoms with E-state index in [-0.39, 0.29) is 5.82 Å². The standard InChI is InChI=1S/C11H11N3O2/c1-8-4-3-5-9(6-8)14-10(7-15)12-13-11(14)16-2/h3-7H,1-2H3. The van der Waals surface area contributed by atoms with Crippen molar-refractivity contribution in [2.75, 3.05) is 7.11 Å². The third-order valence-corrected chi connectivity index (χ3v) is 2.21. The van der Waals surface area contributed by atoms with Gasteiger partial charge in [0.25, 0.3) is 0 Å². The molecule has 1 aromatic carbocycles. The van der Waals surface area contributed by atoms with Crippen molar-refractivity contribution in [1.82, 2.24) is 14.8 Å². The highest BCUT2D eigenvalue weighted by Gasteiger charge is 2.13. The van der Waals surface area contributed by atoms with Crippen LogP contribution in [0, 0.1) is 6.92 Å². The molecule has 1 aromatic heterocycles. The lowest BCUT2D eigenvalue weighted by atomic mass is 10.2. The fourth-order valence-electron chi connectivity index (χ4n) is 1.50. The molecule has 0 N–H and O–H groups in total. The first kappa shape index (κ1) is 10.4. The highest BCUT2D eigenvalue weighted by molar-refractivity contribution is 5.71. The van der Waals surface area contributed by atoms with Gasteiger partial charge in [0.15, 0.2) is 6.29 Å². The molecular formula is C11H11N3O2. The van der Waals surface area contributed by atoms with Crippen LogP contribution in [0.15, 0.2) is 24.3 Å². The molecule has 1 heterocycles. The third kappa shape index (κ3) is 1.67. The normalized spacial score (nSPS) is 10.1. The van der Waals surface area contributed by atoms with E-state index in [9.17, 15) is 4.79 Å². The van der Waals surface area contributed by atoms with Gasteiger partial charge in [-0.25, -0.2) is 4.57 Å². The Hall–Kier alpha value is -2.17. The van der Waals surface area contributed by atoms with Crippen LogP contribution in [0.25, 0.3) is 5.69 Å². The lowest BCUT2D eigenvalue weighted by Gasteiger charge is -2.06. The van der Waals surface area contributed by atoms with E-state index in [1.165, 1.54) is 7.11 Å². The Morgan fingerprint density at radius 2 is 2.19 bits per heavy atom. The number of aldehydes is 1. The van der Waals surface area contributed by atoms with Crippen LogP contribution in [0.3, 0.4) is 0 Å². The molecule has 0 atom stereocenters. The van der Waals surface area contributed by atoms with E-state index < -0.39 is 0 Å². The van der Waals surface area contributed by atoms with E-state index in [4.69, 9.17) is 4.74 Å². The molecule has 82 valence electrons. The molecule has 2 aromatic rings. The largest absolute Gasteiger partial charge is 0.467 e. The average Bonchev–Trinajstić information content (AvgIpc) is 2.71. The molecule has 0 saturated carbocycles. The Bertz CT molecular complexity index is 520. The molecule has 0 unspecified atom stereocenters. The van der Waals surface area contributed by atoms with E-state index in [1.807, 2.05) is 31.2 Å². The number of carbonyl (C=O) groups is 1. The number of methoxy groups -OCH3 is 1. The number of aryl methyl sites for hydroxylation is 1. The molecule has 0 fully saturated rings. The van der Waals surface area contributed by atoms with Gasteiger partial charge in [-0.15, -0.1) is 5.10 Å². The second kappa shape index (κ2) is 4.14. The third-order valence-electron chi connectivity index (χ3n) is 2.21.